The first-order valence-corrected chi connectivity index (χ1v) is 6.39. The minimum absolute atomic E-state index is 0.993. The van der Waals surface area contributed by atoms with Crippen LogP contribution in [-0.4, -0.2) is 18.6 Å². The van der Waals surface area contributed by atoms with Gasteiger partial charge in [-0.05, 0) is 31.2 Å². The smallest absolute Gasteiger partial charge is 0.0208 e. The fraction of sp³-hybridized carbons (Fsp3) is 0.500. The van der Waals surface area contributed by atoms with Crippen molar-refractivity contribution >= 4 is 11.8 Å². The lowest BCUT2D eigenvalue weighted by Crippen LogP contribution is -2.17. The van der Waals surface area contributed by atoms with E-state index in [1.807, 2.05) is 11.8 Å². The van der Waals surface area contributed by atoms with Crippen molar-refractivity contribution in [2.45, 2.75) is 20.4 Å². The van der Waals surface area contributed by atoms with E-state index in [0.717, 1.165) is 13.1 Å². The van der Waals surface area contributed by atoms with E-state index in [4.69, 9.17) is 0 Å². The zero-order chi connectivity index (χ0) is 10.4. The second-order valence-corrected chi connectivity index (χ2v) is 4.59. The summed E-state index contributed by atoms with van der Waals surface area (Å²) in [6.45, 7) is 6.40. The van der Waals surface area contributed by atoms with Crippen LogP contribution in [0.1, 0.15) is 16.7 Å². The first-order chi connectivity index (χ1) is 6.74. The predicted molar refractivity (Wildman–Crippen MR) is 66.0 cm³/mol. The number of aryl methyl sites for hydroxylation is 2. The lowest BCUT2D eigenvalue weighted by atomic mass is 10.1. The molecule has 1 aromatic rings. The number of benzene rings is 1. The molecule has 0 saturated carbocycles. The SMILES string of the molecule is CSCCNCc1ccc(C)cc1C. The summed E-state index contributed by atoms with van der Waals surface area (Å²) in [5, 5.41) is 3.44. The molecule has 0 aliphatic rings. The second kappa shape index (κ2) is 6.10. The van der Waals surface area contributed by atoms with Crippen molar-refractivity contribution < 1.29 is 0 Å². The number of rotatable bonds is 5. The van der Waals surface area contributed by atoms with Gasteiger partial charge in [0.2, 0.25) is 0 Å². The minimum atomic E-state index is 0.993. The van der Waals surface area contributed by atoms with Gasteiger partial charge in [-0.2, -0.15) is 11.8 Å². The van der Waals surface area contributed by atoms with Crippen LogP contribution in [0.2, 0.25) is 0 Å². The molecular formula is C12H19NS. The third-order valence-corrected chi connectivity index (χ3v) is 2.91. The number of nitrogens with one attached hydrogen (secondary N) is 1. The second-order valence-electron chi connectivity index (χ2n) is 3.60. The van der Waals surface area contributed by atoms with Gasteiger partial charge >= 0.3 is 0 Å². The maximum atomic E-state index is 3.44. The fourth-order valence-electron chi connectivity index (χ4n) is 1.44. The molecule has 0 aromatic heterocycles. The lowest BCUT2D eigenvalue weighted by Gasteiger charge is -2.07. The van der Waals surface area contributed by atoms with Crippen LogP contribution in [-0.2, 0) is 6.54 Å². The average molecular weight is 209 g/mol. The molecule has 0 fully saturated rings. The lowest BCUT2D eigenvalue weighted by molar-refractivity contribution is 0.729. The standard InChI is InChI=1S/C12H19NS/c1-10-4-5-12(11(2)8-10)9-13-6-7-14-3/h4-5,8,13H,6-7,9H2,1-3H3. The van der Waals surface area contributed by atoms with Crippen LogP contribution < -0.4 is 5.32 Å². The van der Waals surface area contributed by atoms with Gasteiger partial charge in [-0.3, -0.25) is 0 Å². The average Bonchev–Trinajstić information content (AvgIpc) is 2.15. The monoisotopic (exact) mass is 209 g/mol. The molecule has 1 nitrogen and oxygen atoms in total. The van der Waals surface area contributed by atoms with Gasteiger partial charge in [-0.15, -0.1) is 0 Å². The molecule has 1 N–H and O–H groups in total. The molecule has 2 heteroatoms. The Balaban J connectivity index is 2.42. The van der Waals surface area contributed by atoms with Crippen LogP contribution in [0.5, 0.6) is 0 Å². The highest BCUT2D eigenvalue weighted by Crippen LogP contribution is 2.09. The van der Waals surface area contributed by atoms with Crippen molar-refractivity contribution in [2.24, 2.45) is 0 Å². The van der Waals surface area contributed by atoms with Gasteiger partial charge in [-0.1, -0.05) is 23.8 Å². The summed E-state index contributed by atoms with van der Waals surface area (Å²) in [6, 6.07) is 6.64. The van der Waals surface area contributed by atoms with Crippen LogP contribution in [0.4, 0.5) is 0 Å². The highest BCUT2D eigenvalue weighted by molar-refractivity contribution is 7.98. The van der Waals surface area contributed by atoms with E-state index in [0.29, 0.717) is 0 Å². The van der Waals surface area contributed by atoms with E-state index in [9.17, 15) is 0 Å². The minimum Gasteiger partial charge on any atom is -0.312 e. The molecule has 0 aliphatic heterocycles. The Morgan fingerprint density at radius 1 is 1.29 bits per heavy atom. The summed E-state index contributed by atoms with van der Waals surface area (Å²) < 4.78 is 0. The van der Waals surface area contributed by atoms with Crippen LogP contribution in [0.25, 0.3) is 0 Å². The summed E-state index contributed by atoms with van der Waals surface area (Å²) in [4.78, 5) is 0. The third kappa shape index (κ3) is 3.72. The van der Waals surface area contributed by atoms with E-state index in [1.165, 1.54) is 22.4 Å². The quantitative estimate of drug-likeness (QED) is 0.748. The van der Waals surface area contributed by atoms with Gasteiger partial charge in [0.15, 0.2) is 0 Å². The van der Waals surface area contributed by atoms with Gasteiger partial charge in [0.05, 0.1) is 0 Å². The van der Waals surface area contributed by atoms with E-state index in [2.05, 4.69) is 43.6 Å². The van der Waals surface area contributed by atoms with Crippen LogP contribution in [0.3, 0.4) is 0 Å². The summed E-state index contributed by atoms with van der Waals surface area (Å²) in [5.74, 6) is 1.19. The Kier molecular flexibility index (Phi) is 5.05. The summed E-state index contributed by atoms with van der Waals surface area (Å²) in [6.07, 6.45) is 2.14. The van der Waals surface area contributed by atoms with Crippen molar-refractivity contribution in [3.8, 4) is 0 Å². The van der Waals surface area contributed by atoms with E-state index < -0.39 is 0 Å². The van der Waals surface area contributed by atoms with E-state index in [1.54, 1.807) is 0 Å². The normalized spacial score (nSPS) is 10.5. The Bertz CT molecular complexity index is 284. The summed E-state index contributed by atoms with van der Waals surface area (Å²) in [7, 11) is 0. The van der Waals surface area contributed by atoms with Gasteiger partial charge in [0.1, 0.15) is 0 Å². The summed E-state index contributed by atoms with van der Waals surface area (Å²) in [5.41, 5.74) is 4.15. The van der Waals surface area contributed by atoms with Crippen LogP contribution in [0, 0.1) is 13.8 Å². The topological polar surface area (TPSA) is 12.0 Å². The molecule has 0 spiro atoms. The molecule has 0 bridgehead atoms. The highest BCUT2D eigenvalue weighted by Gasteiger charge is 1.97. The first-order valence-electron chi connectivity index (χ1n) is 5.00. The molecule has 0 unspecified atom stereocenters. The molecule has 0 heterocycles. The zero-order valence-electron chi connectivity index (χ0n) is 9.26. The van der Waals surface area contributed by atoms with Crippen molar-refractivity contribution in [1.82, 2.24) is 5.32 Å². The van der Waals surface area contributed by atoms with Crippen molar-refractivity contribution in [3.05, 3.63) is 34.9 Å². The molecule has 0 radical (unpaired) electrons. The largest absolute Gasteiger partial charge is 0.312 e. The van der Waals surface area contributed by atoms with Crippen molar-refractivity contribution in [1.29, 1.82) is 0 Å². The maximum Gasteiger partial charge on any atom is 0.0208 e. The molecule has 14 heavy (non-hydrogen) atoms. The third-order valence-electron chi connectivity index (χ3n) is 2.30. The van der Waals surface area contributed by atoms with Crippen molar-refractivity contribution in [3.63, 3.8) is 0 Å². The van der Waals surface area contributed by atoms with Gasteiger partial charge in [0, 0.05) is 18.8 Å². The van der Waals surface area contributed by atoms with Crippen molar-refractivity contribution in [2.75, 3.05) is 18.6 Å². The Morgan fingerprint density at radius 2 is 2.07 bits per heavy atom. The van der Waals surface area contributed by atoms with Gasteiger partial charge in [-0.25, -0.2) is 0 Å². The Labute approximate surface area is 91.3 Å². The van der Waals surface area contributed by atoms with Crippen LogP contribution >= 0.6 is 11.8 Å². The molecule has 0 amide bonds. The number of hydrogen-bond donors (Lipinski definition) is 1. The summed E-state index contributed by atoms with van der Waals surface area (Å²) >= 11 is 1.88. The van der Waals surface area contributed by atoms with Gasteiger partial charge in [0.25, 0.3) is 0 Å². The molecular weight excluding hydrogens is 190 g/mol. The maximum absolute atomic E-state index is 3.44. The number of hydrogen-bond acceptors (Lipinski definition) is 2. The molecule has 1 aromatic carbocycles. The van der Waals surface area contributed by atoms with Gasteiger partial charge < -0.3 is 5.32 Å². The van der Waals surface area contributed by atoms with Crippen LogP contribution in [0.15, 0.2) is 18.2 Å². The highest BCUT2D eigenvalue weighted by atomic mass is 32.2. The Hall–Kier alpha value is -0.470. The van der Waals surface area contributed by atoms with E-state index in [-0.39, 0.29) is 0 Å². The molecule has 0 saturated heterocycles. The first kappa shape index (κ1) is 11.6. The molecule has 0 aliphatic carbocycles. The Morgan fingerprint density at radius 3 is 2.71 bits per heavy atom. The zero-order valence-corrected chi connectivity index (χ0v) is 10.1. The molecule has 1 rings (SSSR count). The predicted octanol–water partition coefficient (Wildman–Crippen LogP) is 2.76. The van der Waals surface area contributed by atoms with E-state index >= 15 is 0 Å². The number of thioether (sulfide) groups is 1. The molecule has 78 valence electrons. The fourth-order valence-corrected chi connectivity index (χ4v) is 1.79. The molecule has 0 atom stereocenters.